The van der Waals surface area contributed by atoms with E-state index in [1.807, 2.05) is 0 Å². The van der Waals surface area contributed by atoms with Crippen molar-refractivity contribution < 1.29 is 28.6 Å². The molecule has 0 aliphatic carbocycles. The van der Waals surface area contributed by atoms with Crippen LogP contribution in [0.2, 0.25) is 0 Å². The Kier molecular flexibility index (Phi) is 62.3. The lowest BCUT2D eigenvalue weighted by Crippen LogP contribution is -2.30. The predicted molar refractivity (Wildman–Crippen MR) is 343 cm³/mol. The zero-order valence-electron chi connectivity index (χ0n) is 51.3. The van der Waals surface area contributed by atoms with Crippen LogP contribution in [0.15, 0.2) is 134 Å². The summed E-state index contributed by atoms with van der Waals surface area (Å²) in [5, 5.41) is 0. The number of ether oxygens (including phenoxy) is 3. The van der Waals surface area contributed by atoms with Gasteiger partial charge in [0.1, 0.15) is 13.2 Å². The van der Waals surface area contributed by atoms with Gasteiger partial charge < -0.3 is 14.2 Å². The van der Waals surface area contributed by atoms with Gasteiger partial charge in [-0.2, -0.15) is 0 Å². The molecule has 0 aliphatic heterocycles. The molecule has 448 valence electrons. The minimum absolute atomic E-state index is 0.108. The molecule has 0 aromatic rings. The van der Waals surface area contributed by atoms with Crippen molar-refractivity contribution in [2.45, 2.75) is 297 Å². The second kappa shape index (κ2) is 66.1. The van der Waals surface area contributed by atoms with Gasteiger partial charge in [0, 0.05) is 19.3 Å². The van der Waals surface area contributed by atoms with E-state index in [4.69, 9.17) is 14.2 Å². The van der Waals surface area contributed by atoms with Crippen molar-refractivity contribution in [2.75, 3.05) is 13.2 Å². The van der Waals surface area contributed by atoms with Crippen molar-refractivity contribution in [3.05, 3.63) is 134 Å². The van der Waals surface area contributed by atoms with Crippen molar-refractivity contribution in [1.29, 1.82) is 0 Å². The van der Waals surface area contributed by atoms with E-state index in [2.05, 4.69) is 154 Å². The van der Waals surface area contributed by atoms with Crippen LogP contribution in [-0.4, -0.2) is 37.2 Å². The summed E-state index contributed by atoms with van der Waals surface area (Å²) in [7, 11) is 0. The van der Waals surface area contributed by atoms with Gasteiger partial charge in [-0.3, -0.25) is 14.4 Å². The maximum Gasteiger partial charge on any atom is 0.306 e. The average molecular weight is 1090 g/mol. The van der Waals surface area contributed by atoms with Crippen LogP contribution in [0.5, 0.6) is 0 Å². The molecule has 0 saturated carbocycles. The Bertz CT molecular complexity index is 1680. The minimum Gasteiger partial charge on any atom is -0.462 e. The van der Waals surface area contributed by atoms with Crippen LogP contribution >= 0.6 is 0 Å². The van der Waals surface area contributed by atoms with Crippen LogP contribution in [-0.2, 0) is 28.6 Å². The lowest BCUT2D eigenvalue weighted by atomic mass is 10.0. The van der Waals surface area contributed by atoms with E-state index in [1.54, 1.807) is 0 Å². The number of rotatable bonds is 58. The number of hydrogen-bond acceptors (Lipinski definition) is 6. The highest BCUT2D eigenvalue weighted by molar-refractivity contribution is 5.71. The molecule has 0 spiro atoms. The molecule has 0 amide bonds. The fourth-order valence-electron chi connectivity index (χ4n) is 8.79. The normalized spacial score (nSPS) is 13.0. The highest BCUT2D eigenvalue weighted by Crippen LogP contribution is 2.15. The largest absolute Gasteiger partial charge is 0.462 e. The monoisotopic (exact) mass is 1090 g/mol. The number of allylic oxidation sites excluding steroid dienone is 22. The Morgan fingerprint density at radius 2 is 0.494 bits per heavy atom. The Morgan fingerprint density at radius 3 is 0.810 bits per heavy atom. The van der Waals surface area contributed by atoms with E-state index in [0.29, 0.717) is 25.7 Å². The third-order valence-corrected chi connectivity index (χ3v) is 13.6. The molecule has 6 nitrogen and oxygen atoms in total. The van der Waals surface area contributed by atoms with E-state index in [0.717, 1.165) is 128 Å². The van der Waals surface area contributed by atoms with E-state index in [1.165, 1.54) is 116 Å². The van der Waals surface area contributed by atoms with E-state index in [-0.39, 0.29) is 31.1 Å². The topological polar surface area (TPSA) is 78.9 Å². The maximum absolute atomic E-state index is 12.9. The van der Waals surface area contributed by atoms with Gasteiger partial charge in [0.15, 0.2) is 6.10 Å². The summed E-state index contributed by atoms with van der Waals surface area (Å²) in [4.78, 5) is 38.3. The van der Waals surface area contributed by atoms with Crippen molar-refractivity contribution in [3.8, 4) is 0 Å². The molecule has 1 atom stereocenters. The van der Waals surface area contributed by atoms with Crippen molar-refractivity contribution in [1.82, 2.24) is 0 Å². The van der Waals surface area contributed by atoms with Gasteiger partial charge >= 0.3 is 17.9 Å². The maximum atomic E-state index is 12.9. The fourth-order valence-corrected chi connectivity index (χ4v) is 8.79. The number of unbranched alkanes of at least 4 members (excludes halogenated alkanes) is 25. The summed E-state index contributed by atoms with van der Waals surface area (Å²) in [6.07, 6.45) is 93.2. The van der Waals surface area contributed by atoms with Crippen molar-refractivity contribution in [2.24, 2.45) is 0 Å². The van der Waals surface area contributed by atoms with Crippen molar-refractivity contribution in [3.63, 3.8) is 0 Å². The molecule has 0 saturated heterocycles. The summed E-state index contributed by atoms with van der Waals surface area (Å²) >= 11 is 0. The molecule has 0 fully saturated rings. The Morgan fingerprint density at radius 1 is 0.266 bits per heavy atom. The summed E-state index contributed by atoms with van der Waals surface area (Å²) in [6.45, 7) is 6.37. The van der Waals surface area contributed by atoms with Crippen molar-refractivity contribution >= 4 is 17.9 Å². The standard InChI is InChI=1S/C73H120O6/c1-4-7-10-13-16-19-22-25-28-30-32-34-36-38-40-42-45-48-51-54-57-60-63-66-72(75)78-69-70(68-77-71(74)65-62-59-56-53-50-47-44-27-24-21-18-15-12-9-6-3)79-73(76)67-64-61-58-55-52-49-46-43-41-39-37-35-33-31-29-26-23-20-17-14-11-8-5-2/h7,9-10,12,16,18-19,21,25,27-28,31-34,38,40,44-45,48,50,53,70H,4-6,8,11,13-15,17,20,22-24,26,29-30,35-37,39,41-43,46-47,49,51-52,54-69H2,1-3H3/b10-7-,12-9-,19-16-,21-18-,28-25-,33-31-,34-32-,40-38-,44-27-,48-45-,53-50-. The highest BCUT2D eigenvalue weighted by Gasteiger charge is 2.19. The minimum atomic E-state index is -0.813. The molecule has 0 aromatic carbocycles. The van der Waals surface area contributed by atoms with Crippen LogP contribution in [0.4, 0.5) is 0 Å². The summed E-state index contributed by atoms with van der Waals surface area (Å²) in [6, 6.07) is 0. The Balaban J connectivity index is 4.46. The zero-order chi connectivity index (χ0) is 57.1. The van der Waals surface area contributed by atoms with Crippen LogP contribution in [0, 0.1) is 0 Å². The van der Waals surface area contributed by atoms with E-state index in [9.17, 15) is 14.4 Å². The number of esters is 3. The lowest BCUT2D eigenvalue weighted by molar-refractivity contribution is -0.167. The van der Waals surface area contributed by atoms with Gasteiger partial charge in [0.05, 0.1) is 0 Å². The van der Waals surface area contributed by atoms with Gasteiger partial charge in [0.2, 0.25) is 0 Å². The molecule has 79 heavy (non-hydrogen) atoms. The SMILES string of the molecule is CC/C=C\C/C=C\C/C=C\C/C=C\C/C=C\C/C=C\CCCCCCC(=O)OCC(COC(=O)CCCC/C=C\C/C=C\C/C=C\C/C=C\CC)OC(=O)CCCCCCCCCCCCC/C=C\CCCCCCCCCC. The predicted octanol–water partition coefficient (Wildman–Crippen LogP) is 22.5. The second-order valence-electron chi connectivity index (χ2n) is 21.3. The number of carbonyl (C=O) groups is 3. The number of hydrogen-bond donors (Lipinski definition) is 0. The van der Waals surface area contributed by atoms with Gasteiger partial charge in [-0.1, -0.05) is 270 Å². The van der Waals surface area contributed by atoms with E-state index < -0.39 is 6.10 Å². The Hall–Kier alpha value is -4.45. The smallest absolute Gasteiger partial charge is 0.306 e. The second-order valence-corrected chi connectivity index (χ2v) is 21.3. The van der Waals surface area contributed by atoms with Crippen LogP contribution in [0.1, 0.15) is 290 Å². The molecule has 6 heteroatoms. The highest BCUT2D eigenvalue weighted by atomic mass is 16.6. The molecule has 0 heterocycles. The molecule has 0 aromatic heterocycles. The number of carbonyl (C=O) groups excluding carboxylic acids is 3. The Labute approximate surface area is 487 Å². The first kappa shape index (κ1) is 74.5. The molecule has 0 radical (unpaired) electrons. The first-order chi connectivity index (χ1) is 39.0. The third kappa shape index (κ3) is 64.3. The zero-order valence-corrected chi connectivity index (χ0v) is 51.3. The quantitative estimate of drug-likeness (QED) is 0.0261. The molecular formula is C73H120O6. The molecular weight excluding hydrogens is 973 g/mol. The molecule has 0 rings (SSSR count). The fraction of sp³-hybridized carbons (Fsp3) is 0.658. The average Bonchev–Trinajstić information content (AvgIpc) is 3.45. The van der Waals surface area contributed by atoms with Crippen LogP contribution < -0.4 is 0 Å². The molecule has 0 bridgehead atoms. The molecule has 1 unspecified atom stereocenters. The molecule has 0 aliphatic rings. The van der Waals surface area contributed by atoms with Gasteiger partial charge in [-0.15, -0.1) is 0 Å². The van der Waals surface area contributed by atoms with Crippen LogP contribution in [0.3, 0.4) is 0 Å². The first-order valence-corrected chi connectivity index (χ1v) is 32.7. The first-order valence-electron chi connectivity index (χ1n) is 32.7. The van der Waals surface area contributed by atoms with Crippen LogP contribution in [0.25, 0.3) is 0 Å². The summed E-state index contributed by atoms with van der Waals surface area (Å²) in [5.41, 5.74) is 0. The van der Waals surface area contributed by atoms with E-state index >= 15 is 0 Å². The lowest BCUT2D eigenvalue weighted by Gasteiger charge is -2.18. The third-order valence-electron chi connectivity index (χ3n) is 13.6. The van der Waals surface area contributed by atoms with Gasteiger partial charge in [-0.25, -0.2) is 0 Å². The summed E-state index contributed by atoms with van der Waals surface area (Å²) < 4.78 is 16.9. The summed E-state index contributed by atoms with van der Waals surface area (Å²) in [5.74, 6) is -0.970. The van der Waals surface area contributed by atoms with Gasteiger partial charge in [-0.05, 0) is 135 Å². The molecule has 0 N–H and O–H groups in total. The van der Waals surface area contributed by atoms with Gasteiger partial charge in [0.25, 0.3) is 0 Å².